The molecule has 0 aliphatic carbocycles. The summed E-state index contributed by atoms with van der Waals surface area (Å²) in [5, 5.41) is 0. The van der Waals surface area contributed by atoms with Crippen LogP contribution in [-0.4, -0.2) is 10.5 Å². The molecule has 1 nitrogen and oxygen atoms in total. The maximum atomic E-state index is 5.38. The van der Waals surface area contributed by atoms with Gasteiger partial charge in [-0.15, -0.1) is 0 Å². The Morgan fingerprint density at radius 1 is 1.33 bits per heavy atom. The van der Waals surface area contributed by atoms with Crippen LogP contribution in [0.4, 0.5) is 0 Å². The summed E-state index contributed by atoms with van der Waals surface area (Å²) in [6.45, 7) is 2.21. The summed E-state index contributed by atoms with van der Waals surface area (Å²) in [7, 11) is 0.784. The van der Waals surface area contributed by atoms with E-state index in [1.807, 2.05) is 6.07 Å². The molecule has 12 heavy (non-hydrogen) atoms. The van der Waals surface area contributed by atoms with Crippen LogP contribution in [0.25, 0.3) is 0 Å². The molecule has 66 valence electrons. The van der Waals surface area contributed by atoms with Crippen molar-refractivity contribution in [1.82, 2.24) is 0 Å². The Labute approximate surface area is 77.3 Å². The summed E-state index contributed by atoms with van der Waals surface area (Å²) >= 11 is 0. The van der Waals surface area contributed by atoms with Crippen LogP contribution in [0.5, 0.6) is 5.75 Å². The summed E-state index contributed by atoms with van der Waals surface area (Å²) in [4.78, 5) is 0. The average Bonchev–Trinajstić information content (AvgIpc) is 2.15. The first-order valence-corrected chi connectivity index (χ1v) is 5.32. The van der Waals surface area contributed by atoms with Gasteiger partial charge in [-0.05, 0) is 24.5 Å². The zero-order valence-electron chi connectivity index (χ0n) is 7.84. The topological polar surface area (TPSA) is 9.23 Å². The highest BCUT2D eigenvalue weighted by Gasteiger charge is 1.98. The third-order valence-electron chi connectivity index (χ3n) is 1.99. The molecule has 0 aromatic heterocycles. The first kappa shape index (κ1) is 9.33. The Morgan fingerprint density at radius 2 is 2.08 bits per heavy atom. The third kappa shape index (κ3) is 2.38. The van der Waals surface area contributed by atoms with Gasteiger partial charge in [0, 0.05) is 0 Å². The van der Waals surface area contributed by atoms with Crippen LogP contribution in [0.15, 0.2) is 24.3 Å². The smallest absolute Gasteiger partial charge is 0.204 e. The molecule has 0 N–H and O–H groups in total. The number of aryl methyl sites for hydroxylation is 1. The number of para-hydroxylation sites is 1. The van der Waals surface area contributed by atoms with E-state index in [1.54, 1.807) is 0 Å². The molecule has 0 aliphatic heterocycles. The van der Waals surface area contributed by atoms with Crippen molar-refractivity contribution in [2.75, 3.05) is 0 Å². The average molecular weight is 180 g/mol. The van der Waals surface area contributed by atoms with Crippen molar-refractivity contribution in [3.8, 4) is 5.75 Å². The largest absolute Gasteiger partial charge is 0.553 e. The minimum absolute atomic E-state index is 0.784. The predicted molar refractivity (Wildman–Crippen MR) is 55.6 cm³/mol. The molecule has 0 bridgehead atoms. The monoisotopic (exact) mass is 180 g/mol. The fraction of sp³-hybridized carbons (Fsp3) is 0.400. The van der Waals surface area contributed by atoms with Gasteiger partial charge in [-0.1, -0.05) is 31.5 Å². The lowest BCUT2D eigenvalue weighted by molar-refractivity contribution is 0.601. The van der Waals surface area contributed by atoms with Crippen LogP contribution in [0.3, 0.4) is 0 Å². The molecule has 0 fully saturated rings. The van der Waals surface area contributed by atoms with E-state index >= 15 is 0 Å². The Kier molecular flexibility index (Phi) is 3.87. The van der Waals surface area contributed by atoms with Gasteiger partial charge in [0.25, 0.3) is 0 Å². The molecule has 0 atom stereocenters. The molecule has 0 aliphatic rings. The van der Waals surface area contributed by atoms with E-state index in [-0.39, 0.29) is 0 Å². The van der Waals surface area contributed by atoms with Gasteiger partial charge in [0.2, 0.25) is 10.5 Å². The van der Waals surface area contributed by atoms with E-state index in [2.05, 4.69) is 25.1 Å². The van der Waals surface area contributed by atoms with Gasteiger partial charge in [-0.25, -0.2) is 0 Å². The Bertz CT molecular complexity index is 235. The summed E-state index contributed by atoms with van der Waals surface area (Å²) in [6.07, 6.45) is 3.65. The maximum absolute atomic E-state index is 5.38. The second kappa shape index (κ2) is 4.98. The molecule has 0 saturated heterocycles. The van der Waals surface area contributed by atoms with E-state index in [0.717, 1.165) is 22.7 Å². The molecular weight excluding hydrogens is 164 g/mol. The fourth-order valence-electron chi connectivity index (χ4n) is 1.28. The van der Waals surface area contributed by atoms with Crippen molar-refractivity contribution in [3.05, 3.63) is 29.8 Å². The van der Waals surface area contributed by atoms with Crippen LogP contribution in [0, 0.1) is 0 Å². The lowest BCUT2D eigenvalue weighted by atomic mass is 10.1. The molecule has 1 aromatic carbocycles. The Balaban J connectivity index is 2.68. The van der Waals surface area contributed by atoms with Crippen molar-refractivity contribution in [2.24, 2.45) is 0 Å². The molecular formula is C10H16OSi. The fourth-order valence-corrected chi connectivity index (χ4v) is 1.68. The van der Waals surface area contributed by atoms with Crippen LogP contribution < -0.4 is 4.43 Å². The first-order valence-electron chi connectivity index (χ1n) is 4.50. The Morgan fingerprint density at radius 3 is 2.75 bits per heavy atom. The van der Waals surface area contributed by atoms with E-state index in [4.69, 9.17) is 4.43 Å². The molecule has 0 amide bonds. The van der Waals surface area contributed by atoms with Gasteiger partial charge < -0.3 is 4.43 Å². The molecule has 1 aromatic rings. The number of unbranched alkanes of at least 4 members (excludes halogenated alkanes) is 1. The number of hydrogen-bond donors (Lipinski definition) is 0. The van der Waals surface area contributed by atoms with Gasteiger partial charge in [0.15, 0.2) is 0 Å². The minimum Gasteiger partial charge on any atom is -0.553 e. The standard InChI is InChI=1S/C10H16OSi/c1-2-3-6-9-7-4-5-8-10(9)11-12/h4-5,7-8H,2-3,6H2,1,12H3. The zero-order chi connectivity index (χ0) is 8.81. The normalized spacial score (nSPS) is 10.1. The molecule has 0 spiro atoms. The summed E-state index contributed by atoms with van der Waals surface area (Å²) in [6, 6.07) is 8.32. The summed E-state index contributed by atoms with van der Waals surface area (Å²) in [5.74, 6) is 1.08. The quantitative estimate of drug-likeness (QED) is 0.641. The SMILES string of the molecule is CCCCc1ccccc1O[SiH3]. The predicted octanol–water partition coefficient (Wildman–Crippen LogP) is 1.69. The molecule has 0 radical (unpaired) electrons. The minimum atomic E-state index is 0.784. The van der Waals surface area contributed by atoms with Crippen LogP contribution >= 0.6 is 0 Å². The van der Waals surface area contributed by atoms with Crippen molar-refractivity contribution in [2.45, 2.75) is 26.2 Å². The van der Waals surface area contributed by atoms with E-state index in [1.165, 1.54) is 18.4 Å². The van der Waals surface area contributed by atoms with Crippen LogP contribution in [-0.2, 0) is 6.42 Å². The van der Waals surface area contributed by atoms with Gasteiger partial charge in [-0.2, -0.15) is 0 Å². The lowest BCUT2D eigenvalue weighted by Gasteiger charge is -2.07. The second-order valence-corrected chi connectivity index (χ2v) is 3.32. The number of benzene rings is 1. The lowest BCUT2D eigenvalue weighted by Crippen LogP contribution is -1.92. The number of hydrogen-bond acceptors (Lipinski definition) is 1. The van der Waals surface area contributed by atoms with E-state index < -0.39 is 0 Å². The molecule has 0 unspecified atom stereocenters. The van der Waals surface area contributed by atoms with Crippen molar-refractivity contribution in [3.63, 3.8) is 0 Å². The maximum Gasteiger partial charge on any atom is 0.204 e. The highest BCUT2D eigenvalue weighted by molar-refractivity contribution is 6.00. The summed E-state index contributed by atoms with van der Waals surface area (Å²) < 4.78 is 5.38. The third-order valence-corrected chi connectivity index (χ3v) is 2.43. The second-order valence-electron chi connectivity index (χ2n) is 2.92. The molecule has 0 saturated carbocycles. The number of rotatable bonds is 4. The van der Waals surface area contributed by atoms with Crippen LogP contribution in [0.2, 0.25) is 0 Å². The summed E-state index contributed by atoms with van der Waals surface area (Å²) in [5.41, 5.74) is 1.36. The highest BCUT2D eigenvalue weighted by Crippen LogP contribution is 2.18. The van der Waals surface area contributed by atoms with Crippen LogP contribution in [0.1, 0.15) is 25.3 Å². The highest BCUT2D eigenvalue weighted by atomic mass is 28.2. The van der Waals surface area contributed by atoms with Gasteiger partial charge in [0.05, 0.1) is 0 Å². The van der Waals surface area contributed by atoms with Gasteiger partial charge in [0.1, 0.15) is 5.75 Å². The van der Waals surface area contributed by atoms with Crippen molar-refractivity contribution < 1.29 is 4.43 Å². The van der Waals surface area contributed by atoms with Crippen molar-refractivity contribution in [1.29, 1.82) is 0 Å². The van der Waals surface area contributed by atoms with E-state index in [0.29, 0.717) is 0 Å². The zero-order valence-corrected chi connectivity index (χ0v) is 9.84. The molecule has 0 heterocycles. The van der Waals surface area contributed by atoms with Gasteiger partial charge >= 0.3 is 0 Å². The molecule has 1 rings (SSSR count). The van der Waals surface area contributed by atoms with Gasteiger partial charge in [-0.3, -0.25) is 0 Å². The van der Waals surface area contributed by atoms with Crippen molar-refractivity contribution >= 4 is 10.5 Å². The van der Waals surface area contributed by atoms with E-state index in [9.17, 15) is 0 Å². The Hall–Kier alpha value is -0.763. The molecule has 2 heteroatoms. The first-order chi connectivity index (χ1) is 5.88.